The van der Waals surface area contributed by atoms with E-state index in [1.807, 2.05) is 6.92 Å². The summed E-state index contributed by atoms with van der Waals surface area (Å²) in [5.74, 6) is 0.611. The summed E-state index contributed by atoms with van der Waals surface area (Å²) in [6, 6.07) is 9.47. The van der Waals surface area contributed by atoms with E-state index in [4.69, 9.17) is 23.7 Å². The summed E-state index contributed by atoms with van der Waals surface area (Å²) in [4.78, 5) is 43.5. The highest BCUT2D eigenvalue weighted by Gasteiger charge is 2.34. The van der Waals surface area contributed by atoms with Crippen LogP contribution < -0.4 is 33.8 Å². The van der Waals surface area contributed by atoms with E-state index in [1.54, 1.807) is 56.3 Å². The summed E-state index contributed by atoms with van der Waals surface area (Å²) in [5, 5.41) is 0. The summed E-state index contributed by atoms with van der Waals surface area (Å²) in [5.41, 5.74) is 1.67. The Morgan fingerprint density at radius 2 is 1.73 bits per heavy atom. The van der Waals surface area contributed by atoms with Crippen LogP contribution in [0.3, 0.4) is 0 Å². The van der Waals surface area contributed by atoms with Crippen molar-refractivity contribution in [2.24, 2.45) is 4.99 Å². The van der Waals surface area contributed by atoms with Crippen molar-refractivity contribution in [3.8, 4) is 23.0 Å². The smallest absolute Gasteiger partial charge is 0.338 e. The predicted molar refractivity (Wildman–Crippen MR) is 149 cm³/mol. The first-order chi connectivity index (χ1) is 19.2. The van der Waals surface area contributed by atoms with Crippen LogP contribution in [0.4, 0.5) is 0 Å². The maximum atomic E-state index is 13.9. The molecule has 2 aromatic carbocycles. The number of carbonyl (C=O) groups excluding carboxylic acids is 2. The van der Waals surface area contributed by atoms with Crippen molar-refractivity contribution in [2.45, 2.75) is 33.7 Å². The van der Waals surface area contributed by atoms with Crippen LogP contribution in [0.15, 0.2) is 57.5 Å². The Hall–Kier alpha value is -4.38. The van der Waals surface area contributed by atoms with Gasteiger partial charge >= 0.3 is 11.9 Å². The number of fused-ring (bicyclic) bond motifs is 1. The number of hydrogen-bond donors (Lipinski definition) is 0. The Bertz CT molecular complexity index is 1670. The average molecular weight is 567 g/mol. The zero-order valence-electron chi connectivity index (χ0n) is 23.1. The van der Waals surface area contributed by atoms with Crippen LogP contribution in [-0.4, -0.2) is 43.9 Å². The van der Waals surface area contributed by atoms with E-state index < -0.39 is 18.0 Å². The first-order valence-electron chi connectivity index (χ1n) is 12.6. The number of benzene rings is 2. The molecule has 210 valence electrons. The first-order valence-corrected chi connectivity index (χ1v) is 13.4. The highest BCUT2D eigenvalue weighted by Crippen LogP contribution is 2.36. The molecular weight excluding hydrogens is 536 g/mol. The zero-order chi connectivity index (χ0) is 29.0. The topological polar surface area (TPSA) is 115 Å². The van der Waals surface area contributed by atoms with E-state index in [9.17, 15) is 14.4 Å². The molecule has 40 heavy (non-hydrogen) atoms. The second-order valence-corrected chi connectivity index (χ2v) is 9.66. The number of thiazole rings is 1. The number of rotatable bonds is 9. The minimum atomic E-state index is -0.803. The van der Waals surface area contributed by atoms with Crippen molar-refractivity contribution in [1.82, 2.24) is 4.57 Å². The van der Waals surface area contributed by atoms with E-state index in [2.05, 4.69) is 4.99 Å². The van der Waals surface area contributed by atoms with Crippen LogP contribution in [0.5, 0.6) is 23.0 Å². The fourth-order valence-corrected chi connectivity index (χ4v) is 5.45. The van der Waals surface area contributed by atoms with Crippen LogP contribution in [0.1, 0.15) is 44.9 Å². The number of allylic oxidation sites excluding steroid dienone is 1. The van der Waals surface area contributed by atoms with Gasteiger partial charge in [0.1, 0.15) is 0 Å². The normalized spacial score (nSPS) is 14.8. The lowest BCUT2D eigenvalue weighted by atomic mass is 9.95. The molecule has 0 amide bonds. The second-order valence-electron chi connectivity index (χ2n) is 8.65. The third-order valence-electron chi connectivity index (χ3n) is 6.06. The molecule has 0 saturated heterocycles. The molecule has 1 atom stereocenters. The lowest BCUT2D eigenvalue weighted by Gasteiger charge is -2.25. The Morgan fingerprint density at radius 1 is 1.00 bits per heavy atom. The van der Waals surface area contributed by atoms with Gasteiger partial charge in [0.15, 0.2) is 27.8 Å². The maximum Gasteiger partial charge on any atom is 0.338 e. The Labute approximate surface area is 234 Å². The van der Waals surface area contributed by atoms with Crippen molar-refractivity contribution in [2.75, 3.05) is 27.4 Å². The zero-order valence-corrected chi connectivity index (χ0v) is 23.9. The predicted octanol–water partition coefficient (Wildman–Crippen LogP) is 3.14. The van der Waals surface area contributed by atoms with Crippen LogP contribution in [-0.2, 0) is 14.3 Å². The molecule has 0 unspecified atom stereocenters. The molecule has 1 aliphatic heterocycles. The summed E-state index contributed by atoms with van der Waals surface area (Å²) in [6.45, 7) is 7.11. The lowest BCUT2D eigenvalue weighted by Crippen LogP contribution is -2.39. The van der Waals surface area contributed by atoms with Crippen molar-refractivity contribution in [3.63, 3.8) is 0 Å². The molecule has 3 aromatic rings. The van der Waals surface area contributed by atoms with E-state index in [0.717, 1.165) is 0 Å². The Morgan fingerprint density at radius 3 is 2.38 bits per heavy atom. The summed E-state index contributed by atoms with van der Waals surface area (Å²) in [7, 11) is 3.05. The number of ether oxygens (including phenoxy) is 5. The molecule has 1 aromatic heterocycles. The van der Waals surface area contributed by atoms with E-state index in [1.165, 1.54) is 37.0 Å². The van der Waals surface area contributed by atoms with E-state index >= 15 is 0 Å². The van der Waals surface area contributed by atoms with E-state index in [0.29, 0.717) is 50.0 Å². The van der Waals surface area contributed by atoms with Crippen molar-refractivity contribution in [1.29, 1.82) is 0 Å². The number of nitrogens with zero attached hydrogens (tertiary/aromatic N) is 2. The van der Waals surface area contributed by atoms with Crippen molar-refractivity contribution < 1.29 is 33.3 Å². The standard InChI is InChI=1S/C29H30N2O8S/c1-7-37-23-13-18(9-11-21(23)39-17(4)32)14-24-27(33)31-26(19-10-12-20(35-5)22(15-19)36-6)25(28(34)38-8-2)16(3)30-29(31)40-24/h9-15,26H,7-8H2,1-6H3/b24-14+/t26-/m1/s1. The number of carbonyl (C=O) groups is 2. The monoisotopic (exact) mass is 566 g/mol. The van der Waals surface area contributed by atoms with Gasteiger partial charge in [0.05, 0.1) is 49.3 Å². The molecule has 1 aliphatic rings. The van der Waals surface area contributed by atoms with Crippen LogP contribution in [0, 0.1) is 0 Å². The van der Waals surface area contributed by atoms with Gasteiger partial charge in [-0.1, -0.05) is 23.5 Å². The molecular formula is C29H30N2O8S. The van der Waals surface area contributed by atoms with Gasteiger partial charge in [-0.3, -0.25) is 14.2 Å². The molecule has 2 heterocycles. The van der Waals surface area contributed by atoms with Gasteiger partial charge in [-0.25, -0.2) is 9.79 Å². The largest absolute Gasteiger partial charge is 0.493 e. The van der Waals surface area contributed by atoms with Gasteiger partial charge in [-0.05, 0) is 62.2 Å². The number of hydrogen-bond acceptors (Lipinski definition) is 10. The molecule has 0 fully saturated rings. The van der Waals surface area contributed by atoms with Crippen LogP contribution >= 0.6 is 11.3 Å². The fourth-order valence-electron chi connectivity index (χ4n) is 4.40. The van der Waals surface area contributed by atoms with Crippen molar-refractivity contribution in [3.05, 3.63) is 78.5 Å². The van der Waals surface area contributed by atoms with Gasteiger partial charge in [0, 0.05) is 6.92 Å². The molecule has 4 rings (SSSR count). The quantitative estimate of drug-likeness (QED) is 0.287. The number of methoxy groups -OCH3 is 2. The SMILES string of the molecule is CCOC(=O)C1=C(C)N=c2s/c(=C/c3ccc(OC(C)=O)c(OCC)c3)c(=O)n2[C@@H]1c1ccc(OC)c(OC)c1. The van der Waals surface area contributed by atoms with Gasteiger partial charge in [0.2, 0.25) is 0 Å². The first kappa shape index (κ1) is 28.6. The van der Waals surface area contributed by atoms with Gasteiger partial charge < -0.3 is 23.7 Å². The highest BCUT2D eigenvalue weighted by atomic mass is 32.1. The third kappa shape index (κ3) is 5.64. The van der Waals surface area contributed by atoms with Gasteiger partial charge in [-0.2, -0.15) is 0 Å². The van der Waals surface area contributed by atoms with Crippen molar-refractivity contribution >= 4 is 29.4 Å². The lowest BCUT2D eigenvalue weighted by molar-refractivity contribution is -0.139. The van der Waals surface area contributed by atoms with E-state index in [-0.39, 0.29) is 23.5 Å². The Kier molecular flexibility index (Phi) is 8.73. The fraction of sp³-hybridized carbons (Fsp3) is 0.310. The number of aromatic nitrogens is 1. The molecule has 0 spiro atoms. The molecule has 0 N–H and O–H groups in total. The molecule has 0 aliphatic carbocycles. The van der Waals surface area contributed by atoms with Crippen LogP contribution in [0.25, 0.3) is 6.08 Å². The maximum absolute atomic E-state index is 13.9. The molecule has 11 heteroatoms. The summed E-state index contributed by atoms with van der Waals surface area (Å²) >= 11 is 1.20. The minimum Gasteiger partial charge on any atom is -0.493 e. The molecule has 0 saturated carbocycles. The summed E-state index contributed by atoms with van der Waals surface area (Å²) in [6.07, 6.45) is 1.71. The molecule has 0 radical (unpaired) electrons. The van der Waals surface area contributed by atoms with Gasteiger partial charge in [0.25, 0.3) is 5.56 Å². The average Bonchev–Trinajstić information content (AvgIpc) is 3.22. The van der Waals surface area contributed by atoms with Crippen LogP contribution in [0.2, 0.25) is 0 Å². The Balaban J connectivity index is 1.91. The minimum absolute atomic E-state index is 0.171. The second kappa shape index (κ2) is 12.2. The summed E-state index contributed by atoms with van der Waals surface area (Å²) < 4.78 is 29.0. The number of esters is 2. The third-order valence-corrected chi connectivity index (χ3v) is 7.04. The highest BCUT2D eigenvalue weighted by molar-refractivity contribution is 7.07. The van der Waals surface area contributed by atoms with Gasteiger partial charge in [-0.15, -0.1) is 0 Å². The molecule has 0 bridgehead atoms. The molecule has 10 nitrogen and oxygen atoms in total.